The first-order chi connectivity index (χ1) is 12.2. The maximum absolute atomic E-state index is 12.1. The minimum atomic E-state index is -0.720. The molecule has 1 amide bonds. The van der Waals surface area contributed by atoms with Gasteiger partial charge in [0.05, 0.1) is 9.85 Å². The van der Waals surface area contributed by atoms with Gasteiger partial charge < -0.3 is 5.32 Å². The van der Waals surface area contributed by atoms with Crippen LogP contribution in [0.2, 0.25) is 10.0 Å². The molecule has 12 heteroatoms. The molecular formula is C14H8Cl2N4O5S. The SMILES string of the molecule is O=C(NC(=S)Nc1ccc(Cl)c([N+](=O)[O-])c1)c1ccc(Cl)c([N+](=O)[O-])c1. The number of hydrogen-bond donors (Lipinski definition) is 2. The second-order valence-electron chi connectivity index (χ2n) is 4.75. The van der Waals surface area contributed by atoms with Crippen LogP contribution in [0.15, 0.2) is 36.4 Å². The lowest BCUT2D eigenvalue weighted by Gasteiger charge is -2.10. The van der Waals surface area contributed by atoms with Crippen LogP contribution in [0.4, 0.5) is 17.1 Å². The molecule has 0 aliphatic heterocycles. The molecule has 0 bridgehead atoms. The normalized spacial score (nSPS) is 10.1. The molecule has 0 atom stereocenters. The van der Waals surface area contributed by atoms with Crippen LogP contribution in [0.5, 0.6) is 0 Å². The van der Waals surface area contributed by atoms with Crippen LogP contribution in [-0.2, 0) is 0 Å². The van der Waals surface area contributed by atoms with Gasteiger partial charge in [-0.05, 0) is 36.5 Å². The van der Waals surface area contributed by atoms with E-state index in [1.54, 1.807) is 0 Å². The van der Waals surface area contributed by atoms with Crippen molar-refractivity contribution in [3.05, 3.63) is 72.2 Å². The first-order valence-corrected chi connectivity index (χ1v) is 7.85. The molecule has 2 aromatic carbocycles. The molecule has 0 saturated heterocycles. The highest BCUT2D eigenvalue weighted by atomic mass is 35.5. The van der Waals surface area contributed by atoms with E-state index in [-0.39, 0.29) is 32.1 Å². The summed E-state index contributed by atoms with van der Waals surface area (Å²) in [6, 6.07) is 7.39. The lowest BCUT2D eigenvalue weighted by atomic mass is 10.2. The Balaban J connectivity index is 2.12. The summed E-state index contributed by atoms with van der Waals surface area (Å²) >= 11 is 16.4. The van der Waals surface area contributed by atoms with Crippen LogP contribution in [0.3, 0.4) is 0 Å². The van der Waals surface area contributed by atoms with Crippen LogP contribution in [-0.4, -0.2) is 20.9 Å². The van der Waals surface area contributed by atoms with Crippen LogP contribution < -0.4 is 10.6 Å². The summed E-state index contributed by atoms with van der Waals surface area (Å²) in [6.45, 7) is 0. The maximum atomic E-state index is 12.1. The van der Waals surface area contributed by atoms with Crippen molar-refractivity contribution in [2.45, 2.75) is 0 Å². The Hall–Kier alpha value is -2.82. The summed E-state index contributed by atoms with van der Waals surface area (Å²) in [5.74, 6) is -0.717. The van der Waals surface area contributed by atoms with E-state index in [1.807, 2.05) is 0 Å². The van der Waals surface area contributed by atoms with Crippen LogP contribution in [0.1, 0.15) is 10.4 Å². The van der Waals surface area contributed by atoms with Gasteiger partial charge in [0, 0.05) is 23.4 Å². The number of rotatable bonds is 4. The number of carbonyl (C=O) groups is 1. The fourth-order valence-electron chi connectivity index (χ4n) is 1.86. The number of amides is 1. The highest BCUT2D eigenvalue weighted by Gasteiger charge is 2.18. The van der Waals surface area contributed by atoms with Gasteiger partial charge in [0.15, 0.2) is 5.11 Å². The number of nitro benzene ring substituents is 2. The first kappa shape index (κ1) is 19.5. The van der Waals surface area contributed by atoms with Gasteiger partial charge in [-0.1, -0.05) is 23.2 Å². The van der Waals surface area contributed by atoms with Crippen molar-refractivity contribution in [3.8, 4) is 0 Å². The standard InChI is InChI=1S/C14H8Cl2N4O5S/c15-9-3-1-7(5-11(9)19(22)23)13(21)18-14(26)17-8-2-4-10(16)12(6-8)20(24)25/h1-6H,(H2,17,18,21,26). The summed E-state index contributed by atoms with van der Waals surface area (Å²) in [4.78, 5) is 32.5. The summed E-state index contributed by atoms with van der Waals surface area (Å²) < 4.78 is 0. The summed E-state index contributed by atoms with van der Waals surface area (Å²) in [5, 5.41) is 26.3. The zero-order valence-corrected chi connectivity index (χ0v) is 14.9. The third-order valence-electron chi connectivity index (χ3n) is 3.03. The summed E-state index contributed by atoms with van der Waals surface area (Å²) in [7, 11) is 0. The highest BCUT2D eigenvalue weighted by molar-refractivity contribution is 7.80. The third kappa shape index (κ3) is 4.63. The minimum Gasteiger partial charge on any atom is -0.332 e. The van der Waals surface area contributed by atoms with E-state index >= 15 is 0 Å². The zero-order valence-electron chi connectivity index (χ0n) is 12.6. The molecule has 0 unspecified atom stereocenters. The molecule has 0 aromatic heterocycles. The van der Waals surface area contributed by atoms with E-state index in [9.17, 15) is 25.0 Å². The first-order valence-electron chi connectivity index (χ1n) is 6.69. The molecule has 9 nitrogen and oxygen atoms in total. The van der Waals surface area contributed by atoms with Crippen LogP contribution >= 0.6 is 35.4 Å². The molecular weight excluding hydrogens is 407 g/mol. The van der Waals surface area contributed by atoms with E-state index in [4.69, 9.17) is 35.4 Å². The molecule has 0 aliphatic rings. The Morgan fingerprint density at radius 3 is 2.08 bits per heavy atom. The van der Waals surface area contributed by atoms with E-state index < -0.39 is 21.4 Å². The lowest BCUT2D eigenvalue weighted by Crippen LogP contribution is -2.34. The van der Waals surface area contributed by atoms with Crippen LogP contribution in [0.25, 0.3) is 0 Å². The Morgan fingerprint density at radius 1 is 0.962 bits per heavy atom. The van der Waals surface area contributed by atoms with Crippen LogP contribution in [0, 0.1) is 20.2 Å². The molecule has 134 valence electrons. The molecule has 0 spiro atoms. The van der Waals surface area contributed by atoms with E-state index in [0.29, 0.717) is 0 Å². The van der Waals surface area contributed by atoms with Gasteiger partial charge in [-0.3, -0.25) is 30.3 Å². The molecule has 2 N–H and O–H groups in total. The molecule has 2 aromatic rings. The molecule has 0 heterocycles. The largest absolute Gasteiger partial charge is 0.332 e. The van der Waals surface area contributed by atoms with Gasteiger partial charge in [-0.25, -0.2) is 0 Å². The van der Waals surface area contributed by atoms with Crippen molar-refractivity contribution in [3.63, 3.8) is 0 Å². The third-order valence-corrected chi connectivity index (χ3v) is 3.88. The molecule has 2 rings (SSSR count). The Bertz CT molecular complexity index is 938. The number of hydrogen-bond acceptors (Lipinski definition) is 6. The van der Waals surface area contributed by atoms with Crippen molar-refractivity contribution in [2.24, 2.45) is 0 Å². The van der Waals surface area contributed by atoms with Crippen molar-refractivity contribution < 1.29 is 14.6 Å². The topological polar surface area (TPSA) is 127 Å². The lowest BCUT2D eigenvalue weighted by molar-refractivity contribution is -0.384. The van der Waals surface area contributed by atoms with Gasteiger partial charge in [-0.15, -0.1) is 0 Å². The van der Waals surface area contributed by atoms with Gasteiger partial charge in [-0.2, -0.15) is 0 Å². The van der Waals surface area contributed by atoms with E-state index in [2.05, 4.69) is 10.6 Å². The van der Waals surface area contributed by atoms with Gasteiger partial charge >= 0.3 is 0 Å². The number of nitro groups is 2. The zero-order chi connectivity index (χ0) is 19.4. The van der Waals surface area contributed by atoms with E-state index in [0.717, 1.165) is 12.1 Å². The fraction of sp³-hybridized carbons (Fsp3) is 0. The summed E-state index contributed by atoms with van der Waals surface area (Å²) in [6.07, 6.45) is 0. The predicted octanol–water partition coefficient (Wildman–Crippen LogP) is 3.94. The number of anilines is 1. The second-order valence-corrected chi connectivity index (χ2v) is 5.98. The van der Waals surface area contributed by atoms with E-state index in [1.165, 1.54) is 24.3 Å². The second kappa shape index (κ2) is 8.04. The number of carbonyl (C=O) groups excluding carboxylic acids is 1. The number of nitrogens with zero attached hydrogens (tertiary/aromatic N) is 2. The number of nitrogens with one attached hydrogen (secondary N) is 2. The molecule has 0 saturated carbocycles. The van der Waals surface area contributed by atoms with Gasteiger partial charge in [0.1, 0.15) is 10.0 Å². The molecule has 0 aliphatic carbocycles. The highest BCUT2D eigenvalue weighted by Crippen LogP contribution is 2.27. The number of halogens is 2. The molecule has 26 heavy (non-hydrogen) atoms. The maximum Gasteiger partial charge on any atom is 0.289 e. The van der Waals surface area contributed by atoms with Crippen molar-refractivity contribution in [1.29, 1.82) is 0 Å². The smallest absolute Gasteiger partial charge is 0.289 e. The molecule has 0 fully saturated rings. The average molecular weight is 415 g/mol. The Kier molecular flexibility index (Phi) is 6.03. The number of benzene rings is 2. The predicted molar refractivity (Wildman–Crippen MR) is 99.9 cm³/mol. The monoisotopic (exact) mass is 414 g/mol. The molecule has 0 radical (unpaired) electrons. The summed E-state index contributed by atoms with van der Waals surface area (Å²) in [5.41, 5.74) is -0.563. The average Bonchev–Trinajstić information content (AvgIpc) is 2.56. The fourth-order valence-corrected chi connectivity index (χ4v) is 2.45. The Labute approximate surface area is 161 Å². The van der Waals surface area contributed by atoms with Crippen molar-refractivity contribution >= 4 is 63.5 Å². The van der Waals surface area contributed by atoms with Gasteiger partial charge in [0.2, 0.25) is 0 Å². The van der Waals surface area contributed by atoms with Gasteiger partial charge in [0.25, 0.3) is 17.3 Å². The quantitative estimate of drug-likeness (QED) is 0.440. The number of thiocarbonyl (C=S) groups is 1. The Morgan fingerprint density at radius 2 is 1.50 bits per heavy atom. The van der Waals surface area contributed by atoms with Crippen molar-refractivity contribution in [1.82, 2.24) is 5.32 Å². The minimum absolute atomic E-state index is 0.0349. The van der Waals surface area contributed by atoms with Crippen molar-refractivity contribution in [2.75, 3.05) is 5.32 Å².